The predicted octanol–water partition coefficient (Wildman–Crippen LogP) is 4.49. The van der Waals surface area contributed by atoms with Crippen molar-refractivity contribution in [3.8, 4) is 6.07 Å². The Bertz CT molecular complexity index is 941. The van der Waals surface area contributed by atoms with Gasteiger partial charge in [-0.2, -0.15) is 5.26 Å². The van der Waals surface area contributed by atoms with Crippen molar-refractivity contribution in [2.24, 2.45) is 11.8 Å². The smallest absolute Gasteiger partial charge is 0.261 e. The molecule has 33 heavy (non-hydrogen) atoms. The van der Waals surface area contributed by atoms with Crippen LogP contribution in [0.5, 0.6) is 0 Å². The van der Waals surface area contributed by atoms with Crippen molar-refractivity contribution in [1.82, 2.24) is 4.90 Å². The number of hydrogen-bond donors (Lipinski definition) is 0. The minimum absolute atomic E-state index is 0.129. The number of amides is 1. The molecule has 2 aromatic carbocycles. The minimum Gasteiger partial charge on any atom is -0.405 e. The third-order valence-corrected chi connectivity index (χ3v) is 12.6. The van der Waals surface area contributed by atoms with Gasteiger partial charge in [-0.1, -0.05) is 94.3 Å². The van der Waals surface area contributed by atoms with Crippen molar-refractivity contribution in [2.45, 2.75) is 64.0 Å². The second-order valence-electron chi connectivity index (χ2n) is 10.6. The standard InChI is InChI=1S/C28H36N2O2Si/c1-28(2,3)33(24-13-6-4-7-14-24,25-15-8-5-9-16-25)32-21-23(18-19-29)30-20-22-12-10-11-17-26(22)27(30)31/h4-9,13-16,22-23,26H,10-12,17-18,20-21H2,1-3H3/t22-,23+,26-/m0/s1. The Hall–Kier alpha value is -2.42. The highest BCUT2D eigenvalue weighted by Gasteiger charge is 2.51. The summed E-state index contributed by atoms with van der Waals surface area (Å²) in [7, 11) is -2.70. The molecule has 1 heterocycles. The lowest BCUT2D eigenvalue weighted by Crippen LogP contribution is -2.67. The fourth-order valence-corrected chi connectivity index (χ4v) is 10.6. The van der Waals surface area contributed by atoms with E-state index >= 15 is 0 Å². The summed E-state index contributed by atoms with van der Waals surface area (Å²) in [6, 6.07) is 23.3. The SMILES string of the molecule is CC(C)(C)[Si](OC[C@@H](CC#N)N1C[C@@H]2CCCC[C@@H]2C1=O)(c1ccccc1)c1ccccc1. The highest BCUT2D eigenvalue weighted by atomic mass is 28.4. The van der Waals surface area contributed by atoms with E-state index in [1.54, 1.807) is 0 Å². The second kappa shape index (κ2) is 9.83. The van der Waals surface area contributed by atoms with E-state index in [-0.39, 0.29) is 22.9 Å². The van der Waals surface area contributed by atoms with Crippen molar-refractivity contribution >= 4 is 24.6 Å². The van der Waals surface area contributed by atoms with Crippen LogP contribution in [0.2, 0.25) is 5.04 Å². The number of carbonyl (C=O) groups excluding carboxylic acids is 1. The molecule has 1 aliphatic carbocycles. The maximum Gasteiger partial charge on any atom is 0.261 e. The topological polar surface area (TPSA) is 53.3 Å². The van der Waals surface area contributed by atoms with Gasteiger partial charge in [0.15, 0.2) is 0 Å². The molecule has 0 radical (unpaired) electrons. The van der Waals surface area contributed by atoms with E-state index < -0.39 is 8.32 Å². The van der Waals surface area contributed by atoms with Gasteiger partial charge < -0.3 is 9.33 Å². The molecule has 0 bridgehead atoms. The molecule has 4 nitrogen and oxygen atoms in total. The summed E-state index contributed by atoms with van der Waals surface area (Å²) in [5.41, 5.74) is 0. The van der Waals surface area contributed by atoms with Gasteiger partial charge in [0.05, 0.1) is 25.1 Å². The molecule has 1 aliphatic heterocycles. The first-order valence-electron chi connectivity index (χ1n) is 12.3. The average Bonchev–Trinajstić information content (AvgIpc) is 3.16. The van der Waals surface area contributed by atoms with Crippen LogP contribution in [0.4, 0.5) is 0 Å². The third kappa shape index (κ3) is 4.52. The van der Waals surface area contributed by atoms with Crippen LogP contribution in [0.15, 0.2) is 60.7 Å². The van der Waals surface area contributed by atoms with Crippen LogP contribution >= 0.6 is 0 Å². The normalized spacial score (nSPS) is 22.0. The fourth-order valence-electron chi connectivity index (χ4n) is 5.98. The first-order chi connectivity index (χ1) is 15.9. The van der Waals surface area contributed by atoms with Gasteiger partial charge in [0.25, 0.3) is 8.32 Å². The van der Waals surface area contributed by atoms with E-state index in [1.165, 1.54) is 16.8 Å². The quantitative estimate of drug-likeness (QED) is 0.572. The van der Waals surface area contributed by atoms with Crippen LogP contribution in [0.3, 0.4) is 0 Å². The molecule has 3 atom stereocenters. The number of likely N-dealkylation sites (tertiary alicyclic amines) is 1. The van der Waals surface area contributed by atoms with Gasteiger partial charge in [-0.05, 0) is 34.2 Å². The van der Waals surface area contributed by atoms with Crippen LogP contribution in [-0.4, -0.2) is 38.3 Å². The van der Waals surface area contributed by atoms with Crippen molar-refractivity contribution in [1.29, 1.82) is 5.26 Å². The summed E-state index contributed by atoms with van der Waals surface area (Å²) in [5.74, 6) is 0.833. The van der Waals surface area contributed by atoms with Crippen molar-refractivity contribution in [3.63, 3.8) is 0 Å². The van der Waals surface area contributed by atoms with Crippen LogP contribution < -0.4 is 10.4 Å². The highest BCUT2D eigenvalue weighted by Crippen LogP contribution is 2.40. The number of nitriles is 1. The molecular formula is C28H36N2O2Si. The number of nitrogens with zero attached hydrogens (tertiary/aromatic N) is 2. The fraction of sp³-hybridized carbons (Fsp3) is 0.500. The van der Waals surface area contributed by atoms with E-state index in [9.17, 15) is 10.1 Å². The maximum absolute atomic E-state index is 13.3. The van der Waals surface area contributed by atoms with E-state index in [0.29, 0.717) is 18.9 Å². The summed E-state index contributed by atoms with van der Waals surface area (Å²) in [5, 5.41) is 11.9. The van der Waals surface area contributed by atoms with Gasteiger partial charge in [-0.3, -0.25) is 4.79 Å². The average molecular weight is 461 g/mol. The van der Waals surface area contributed by atoms with Crippen molar-refractivity contribution in [2.75, 3.05) is 13.2 Å². The van der Waals surface area contributed by atoms with E-state index in [0.717, 1.165) is 25.8 Å². The maximum atomic E-state index is 13.3. The number of rotatable bonds is 7. The third-order valence-electron chi connectivity index (χ3n) is 7.62. The molecule has 174 valence electrons. The minimum atomic E-state index is -2.70. The molecule has 2 aromatic rings. The number of fused-ring (bicyclic) bond motifs is 1. The molecule has 0 spiro atoms. The Morgan fingerprint density at radius 3 is 2.12 bits per heavy atom. The summed E-state index contributed by atoms with van der Waals surface area (Å²) in [6.07, 6.45) is 4.78. The van der Waals surface area contributed by atoms with Crippen LogP contribution in [-0.2, 0) is 9.22 Å². The molecule has 0 aromatic heterocycles. The van der Waals surface area contributed by atoms with Gasteiger partial charge >= 0.3 is 0 Å². The predicted molar refractivity (Wildman–Crippen MR) is 135 cm³/mol. The Kier molecular flexibility index (Phi) is 7.07. The highest BCUT2D eigenvalue weighted by molar-refractivity contribution is 6.99. The number of carbonyl (C=O) groups is 1. The lowest BCUT2D eigenvalue weighted by molar-refractivity contribution is -0.134. The first kappa shape index (κ1) is 23.7. The van der Waals surface area contributed by atoms with Crippen LogP contribution in [0.1, 0.15) is 52.9 Å². The van der Waals surface area contributed by atoms with Gasteiger partial charge in [-0.15, -0.1) is 0 Å². The van der Waals surface area contributed by atoms with Crippen molar-refractivity contribution in [3.05, 3.63) is 60.7 Å². The molecule has 2 fully saturated rings. The molecule has 4 rings (SSSR count). The Labute approximate surface area is 199 Å². The molecular weight excluding hydrogens is 424 g/mol. The summed E-state index contributed by atoms with van der Waals surface area (Å²) in [6.45, 7) is 7.95. The Balaban J connectivity index is 1.69. The Morgan fingerprint density at radius 2 is 1.61 bits per heavy atom. The summed E-state index contributed by atoms with van der Waals surface area (Å²) in [4.78, 5) is 15.3. The zero-order chi connectivity index (χ0) is 23.5. The summed E-state index contributed by atoms with van der Waals surface area (Å²) >= 11 is 0. The van der Waals surface area contributed by atoms with Gasteiger partial charge in [0.1, 0.15) is 0 Å². The van der Waals surface area contributed by atoms with E-state index in [1.807, 2.05) is 17.0 Å². The van der Waals surface area contributed by atoms with Gasteiger partial charge in [-0.25, -0.2) is 0 Å². The van der Waals surface area contributed by atoms with Crippen LogP contribution in [0.25, 0.3) is 0 Å². The number of hydrogen-bond acceptors (Lipinski definition) is 3. The number of benzene rings is 2. The second-order valence-corrected chi connectivity index (χ2v) is 14.9. The van der Waals surface area contributed by atoms with E-state index in [2.05, 4.69) is 75.4 Å². The lowest BCUT2D eigenvalue weighted by atomic mass is 9.81. The molecule has 1 saturated carbocycles. The zero-order valence-electron chi connectivity index (χ0n) is 20.2. The zero-order valence-corrected chi connectivity index (χ0v) is 21.2. The van der Waals surface area contributed by atoms with Crippen LogP contribution in [0, 0.1) is 23.2 Å². The molecule has 0 unspecified atom stereocenters. The molecule has 5 heteroatoms. The Morgan fingerprint density at radius 1 is 1.03 bits per heavy atom. The van der Waals surface area contributed by atoms with E-state index in [4.69, 9.17) is 4.43 Å². The summed E-state index contributed by atoms with van der Waals surface area (Å²) < 4.78 is 7.09. The molecule has 1 amide bonds. The van der Waals surface area contributed by atoms with Crippen molar-refractivity contribution < 1.29 is 9.22 Å². The first-order valence-corrected chi connectivity index (χ1v) is 14.2. The largest absolute Gasteiger partial charge is 0.405 e. The van der Waals surface area contributed by atoms with Gasteiger partial charge in [0.2, 0.25) is 5.91 Å². The molecule has 1 saturated heterocycles. The lowest BCUT2D eigenvalue weighted by Gasteiger charge is -2.44. The molecule has 2 aliphatic rings. The van der Waals surface area contributed by atoms with Gasteiger partial charge in [0, 0.05) is 12.5 Å². The molecule has 0 N–H and O–H groups in total. The monoisotopic (exact) mass is 460 g/mol.